The summed E-state index contributed by atoms with van der Waals surface area (Å²) in [5.41, 5.74) is 2.00. The van der Waals surface area contributed by atoms with Gasteiger partial charge in [-0.05, 0) is 23.8 Å². The topological polar surface area (TPSA) is 35.8 Å². The van der Waals surface area contributed by atoms with Crippen molar-refractivity contribution in [2.75, 3.05) is 0 Å². The Labute approximate surface area is 113 Å². The van der Waals surface area contributed by atoms with Gasteiger partial charge in [-0.2, -0.15) is 5.26 Å². The van der Waals surface area contributed by atoms with Crippen LogP contribution in [0.15, 0.2) is 40.2 Å². The lowest BCUT2D eigenvalue weighted by Crippen LogP contribution is -2.11. The third-order valence-corrected chi connectivity index (χ3v) is 3.79. The van der Waals surface area contributed by atoms with Crippen LogP contribution in [0.1, 0.15) is 16.0 Å². The van der Waals surface area contributed by atoms with E-state index in [1.807, 2.05) is 23.6 Å². The minimum absolute atomic E-state index is 0.746. The van der Waals surface area contributed by atoms with Crippen LogP contribution in [-0.2, 0) is 13.1 Å². The van der Waals surface area contributed by atoms with Crippen LogP contribution in [0.25, 0.3) is 0 Å². The summed E-state index contributed by atoms with van der Waals surface area (Å²) in [5, 5.41) is 14.0. The van der Waals surface area contributed by atoms with Crippen LogP contribution in [0.3, 0.4) is 0 Å². The van der Waals surface area contributed by atoms with Crippen LogP contribution >= 0.6 is 27.3 Å². The van der Waals surface area contributed by atoms with E-state index in [9.17, 15) is 0 Å². The fourth-order valence-corrected chi connectivity index (χ4v) is 2.51. The lowest BCUT2D eigenvalue weighted by molar-refractivity contribution is 0.701. The van der Waals surface area contributed by atoms with Crippen LogP contribution in [-0.4, -0.2) is 0 Å². The molecule has 0 radical (unpaired) electrons. The summed E-state index contributed by atoms with van der Waals surface area (Å²) >= 11 is 5.03. The molecule has 0 bridgehead atoms. The first-order chi connectivity index (χ1) is 8.28. The molecule has 4 heteroatoms. The second-order valence-electron chi connectivity index (χ2n) is 3.64. The molecule has 2 aromatic rings. The number of hydrogen-bond donors (Lipinski definition) is 1. The maximum Gasteiger partial charge on any atom is 0.100 e. The van der Waals surface area contributed by atoms with E-state index >= 15 is 0 Å². The van der Waals surface area contributed by atoms with Gasteiger partial charge < -0.3 is 5.32 Å². The highest BCUT2D eigenvalue weighted by atomic mass is 79.9. The molecule has 0 amide bonds. The van der Waals surface area contributed by atoms with Gasteiger partial charge in [-0.15, -0.1) is 11.3 Å². The molecule has 0 aliphatic carbocycles. The van der Waals surface area contributed by atoms with E-state index in [-0.39, 0.29) is 0 Å². The number of hydrogen-bond acceptors (Lipinski definition) is 3. The van der Waals surface area contributed by atoms with Gasteiger partial charge in [0.25, 0.3) is 0 Å². The summed E-state index contributed by atoms with van der Waals surface area (Å²) in [5.74, 6) is 0. The molecule has 0 spiro atoms. The van der Waals surface area contributed by atoms with E-state index in [1.165, 1.54) is 10.4 Å². The number of nitrogens with zero attached hydrogens (tertiary/aromatic N) is 1. The van der Waals surface area contributed by atoms with Gasteiger partial charge in [-0.1, -0.05) is 28.1 Å². The van der Waals surface area contributed by atoms with Gasteiger partial charge in [-0.25, -0.2) is 0 Å². The third kappa shape index (κ3) is 3.67. The smallest absolute Gasteiger partial charge is 0.100 e. The van der Waals surface area contributed by atoms with Crippen LogP contribution in [0.5, 0.6) is 0 Å². The quantitative estimate of drug-likeness (QED) is 0.935. The highest BCUT2D eigenvalue weighted by Crippen LogP contribution is 2.14. The minimum Gasteiger partial charge on any atom is -0.308 e. The average molecular weight is 307 g/mol. The summed E-state index contributed by atoms with van der Waals surface area (Å²) < 4.78 is 1.10. The summed E-state index contributed by atoms with van der Waals surface area (Å²) in [6.07, 6.45) is 0. The Morgan fingerprint density at radius 3 is 2.65 bits per heavy atom. The lowest BCUT2D eigenvalue weighted by Gasteiger charge is -2.03. The predicted octanol–water partition coefficient (Wildman–Crippen LogP) is 3.67. The average Bonchev–Trinajstić information content (AvgIpc) is 2.80. The Kier molecular flexibility index (Phi) is 4.32. The number of rotatable bonds is 4. The first kappa shape index (κ1) is 12.3. The van der Waals surface area contributed by atoms with Crippen molar-refractivity contribution in [3.8, 4) is 6.07 Å². The Hall–Kier alpha value is -1.15. The molecular weight excluding hydrogens is 296 g/mol. The molecule has 0 saturated heterocycles. The van der Waals surface area contributed by atoms with Gasteiger partial charge in [0.15, 0.2) is 0 Å². The fraction of sp³-hybridized carbons (Fsp3) is 0.154. The molecule has 2 rings (SSSR count). The molecule has 1 N–H and O–H groups in total. The van der Waals surface area contributed by atoms with Crippen molar-refractivity contribution in [1.82, 2.24) is 5.32 Å². The van der Waals surface area contributed by atoms with Crippen molar-refractivity contribution in [3.05, 3.63) is 56.2 Å². The highest BCUT2D eigenvalue weighted by molar-refractivity contribution is 9.10. The highest BCUT2D eigenvalue weighted by Gasteiger charge is 1.99. The minimum atomic E-state index is 0.746. The van der Waals surface area contributed by atoms with Crippen molar-refractivity contribution < 1.29 is 0 Å². The molecule has 0 unspecified atom stereocenters. The van der Waals surface area contributed by atoms with Crippen LogP contribution in [0.2, 0.25) is 0 Å². The molecule has 0 saturated carbocycles. The zero-order chi connectivity index (χ0) is 12.1. The van der Waals surface area contributed by atoms with Crippen LogP contribution < -0.4 is 5.32 Å². The Morgan fingerprint density at radius 2 is 2.00 bits per heavy atom. The summed E-state index contributed by atoms with van der Waals surface area (Å²) in [6.45, 7) is 1.65. The van der Waals surface area contributed by atoms with Crippen molar-refractivity contribution >= 4 is 27.3 Å². The normalized spacial score (nSPS) is 10.1. The molecule has 0 aliphatic heterocycles. The Morgan fingerprint density at radius 1 is 1.24 bits per heavy atom. The van der Waals surface area contributed by atoms with E-state index in [1.54, 1.807) is 11.3 Å². The van der Waals surface area contributed by atoms with E-state index in [2.05, 4.69) is 39.4 Å². The maximum absolute atomic E-state index is 8.71. The summed E-state index contributed by atoms with van der Waals surface area (Å²) in [4.78, 5) is 1.19. The second-order valence-corrected chi connectivity index (χ2v) is 5.55. The number of thiophene rings is 1. The molecule has 2 nitrogen and oxygen atoms in total. The molecule has 1 aromatic carbocycles. The first-order valence-corrected chi connectivity index (χ1v) is 6.88. The Balaban J connectivity index is 1.83. The number of halogens is 1. The largest absolute Gasteiger partial charge is 0.308 e. The number of nitriles is 1. The molecule has 17 heavy (non-hydrogen) atoms. The van der Waals surface area contributed by atoms with E-state index in [0.717, 1.165) is 23.1 Å². The first-order valence-electron chi connectivity index (χ1n) is 5.20. The standard InChI is InChI=1S/C13H11BrN2S/c14-12-3-1-10(2-4-12)7-16-8-13-5-11(6-15)9-17-13/h1-5,9,16H,7-8H2. The molecule has 1 heterocycles. The van der Waals surface area contributed by atoms with Gasteiger partial charge in [0.1, 0.15) is 6.07 Å². The van der Waals surface area contributed by atoms with Crippen molar-refractivity contribution in [2.24, 2.45) is 0 Å². The molecule has 1 aromatic heterocycles. The molecule has 86 valence electrons. The van der Waals surface area contributed by atoms with E-state index in [0.29, 0.717) is 0 Å². The summed E-state index contributed by atoms with van der Waals surface area (Å²) in [7, 11) is 0. The predicted molar refractivity (Wildman–Crippen MR) is 73.7 cm³/mol. The van der Waals surface area contributed by atoms with Gasteiger partial charge in [-0.3, -0.25) is 0 Å². The zero-order valence-corrected chi connectivity index (χ0v) is 11.5. The van der Waals surface area contributed by atoms with Crippen LogP contribution in [0, 0.1) is 11.3 Å². The van der Waals surface area contributed by atoms with Crippen LogP contribution in [0.4, 0.5) is 0 Å². The zero-order valence-electron chi connectivity index (χ0n) is 9.11. The number of benzene rings is 1. The molecule has 0 aliphatic rings. The Bertz CT molecular complexity index is 525. The fourth-order valence-electron chi connectivity index (χ4n) is 1.46. The van der Waals surface area contributed by atoms with E-state index in [4.69, 9.17) is 5.26 Å². The third-order valence-electron chi connectivity index (χ3n) is 2.32. The second kappa shape index (κ2) is 5.97. The molecule has 0 fully saturated rings. The van der Waals surface area contributed by atoms with Crippen molar-refractivity contribution in [3.63, 3.8) is 0 Å². The molecular formula is C13H11BrN2S. The van der Waals surface area contributed by atoms with Crippen molar-refractivity contribution in [2.45, 2.75) is 13.1 Å². The number of nitrogens with one attached hydrogen (secondary N) is 1. The van der Waals surface area contributed by atoms with E-state index < -0.39 is 0 Å². The monoisotopic (exact) mass is 306 g/mol. The molecule has 0 atom stereocenters. The maximum atomic E-state index is 8.71. The van der Waals surface area contributed by atoms with Gasteiger partial charge in [0, 0.05) is 27.8 Å². The lowest BCUT2D eigenvalue weighted by atomic mass is 10.2. The summed E-state index contributed by atoms with van der Waals surface area (Å²) in [6, 6.07) is 12.3. The van der Waals surface area contributed by atoms with Gasteiger partial charge in [0.05, 0.1) is 5.56 Å². The van der Waals surface area contributed by atoms with Gasteiger partial charge >= 0.3 is 0 Å². The van der Waals surface area contributed by atoms with Crippen molar-refractivity contribution in [1.29, 1.82) is 5.26 Å². The SMILES string of the molecule is N#Cc1csc(CNCc2ccc(Br)cc2)c1. The van der Waals surface area contributed by atoms with Gasteiger partial charge in [0.2, 0.25) is 0 Å².